The summed E-state index contributed by atoms with van der Waals surface area (Å²) in [5.41, 5.74) is 6.83. The van der Waals surface area contributed by atoms with E-state index >= 15 is 0 Å². The summed E-state index contributed by atoms with van der Waals surface area (Å²) < 4.78 is 10.9. The Kier molecular flexibility index (Phi) is 8.18. The second kappa shape index (κ2) is 13.2. The van der Waals surface area contributed by atoms with Crippen LogP contribution >= 0.6 is 0 Å². The number of nitrogens with zero attached hydrogens (tertiary/aromatic N) is 4. The standard InChI is InChI=1S/C48H38N4O.Pt/c1-3-11-35(12-4-1)48(37-25-32-24-33(27-37)28-38(48)26-32)36-20-21-49-46(30-36)52-44-17-8-7-16-42(44)43-19-18-41(31-45(43)52)53-40-15-9-10-34(29-40)47-50-22-23-51(47)39-13-5-2-6-14-39;/h1-23,30,32-33,37-38H,24-28H2;/q-2;+2. The molecule has 0 amide bonds. The minimum absolute atomic E-state index is 0. The van der Waals surface area contributed by atoms with Crippen LogP contribution < -0.4 is 4.74 Å². The number of fused-ring (bicyclic) bond motifs is 3. The number of hydrogen-bond acceptors (Lipinski definition) is 3. The van der Waals surface area contributed by atoms with Gasteiger partial charge < -0.3 is 13.9 Å². The minimum atomic E-state index is -0.000801. The predicted molar refractivity (Wildman–Crippen MR) is 210 cm³/mol. The Bertz CT molecular complexity index is 2600. The van der Waals surface area contributed by atoms with E-state index in [4.69, 9.17) is 9.72 Å². The maximum Gasteiger partial charge on any atom is 2.00 e. The molecule has 0 aliphatic heterocycles. The topological polar surface area (TPSA) is 44.9 Å². The average Bonchev–Trinajstić information content (AvgIpc) is 3.82. The molecule has 4 fully saturated rings. The zero-order valence-corrected chi connectivity index (χ0v) is 32.0. The van der Waals surface area contributed by atoms with Crippen molar-refractivity contribution in [3.8, 4) is 34.4 Å². The fraction of sp³-hybridized carbons (Fsp3) is 0.208. The summed E-state index contributed by atoms with van der Waals surface area (Å²) in [5, 5.41) is 2.29. The second-order valence-corrected chi connectivity index (χ2v) is 15.4. The van der Waals surface area contributed by atoms with E-state index in [-0.39, 0.29) is 26.5 Å². The van der Waals surface area contributed by atoms with Crippen LogP contribution in [0.2, 0.25) is 0 Å². The molecule has 54 heavy (non-hydrogen) atoms. The molecule has 0 saturated heterocycles. The van der Waals surface area contributed by atoms with E-state index in [1.54, 1.807) is 0 Å². The van der Waals surface area contributed by atoms with Crippen molar-refractivity contribution >= 4 is 21.8 Å². The molecule has 4 aliphatic rings. The molecule has 4 saturated carbocycles. The van der Waals surface area contributed by atoms with Crippen LogP contribution in [0.4, 0.5) is 0 Å². The molecule has 5 aromatic carbocycles. The number of aromatic nitrogens is 4. The molecule has 0 radical (unpaired) electrons. The van der Waals surface area contributed by atoms with Crippen LogP contribution in [-0.4, -0.2) is 19.1 Å². The van der Waals surface area contributed by atoms with Crippen molar-refractivity contribution in [2.24, 2.45) is 23.7 Å². The Morgan fingerprint density at radius 1 is 0.611 bits per heavy atom. The van der Waals surface area contributed by atoms with Gasteiger partial charge in [-0.05, 0) is 103 Å². The fourth-order valence-corrected chi connectivity index (χ4v) is 10.8. The third-order valence-corrected chi connectivity index (χ3v) is 12.6. The van der Waals surface area contributed by atoms with Crippen molar-refractivity contribution in [2.45, 2.75) is 37.5 Å². The van der Waals surface area contributed by atoms with Crippen molar-refractivity contribution in [1.29, 1.82) is 0 Å². The number of imidazole rings is 1. The van der Waals surface area contributed by atoms with E-state index in [0.29, 0.717) is 23.3 Å². The zero-order valence-electron chi connectivity index (χ0n) is 29.7. The van der Waals surface area contributed by atoms with Gasteiger partial charge in [0.05, 0.1) is 5.82 Å². The molecular weight excluding hydrogens is 844 g/mol. The van der Waals surface area contributed by atoms with Gasteiger partial charge in [-0.15, -0.1) is 41.3 Å². The predicted octanol–water partition coefficient (Wildman–Crippen LogP) is 11.2. The number of para-hydroxylation sites is 2. The van der Waals surface area contributed by atoms with Crippen LogP contribution in [0.1, 0.15) is 43.2 Å². The Hall–Kier alpha value is -5.25. The third kappa shape index (κ3) is 5.23. The van der Waals surface area contributed by atoms with Gasteiger partial charge in [-0.3, -0.25) is 4.98 Å². The molecule has 8 aromatic rings. The Morgan fingerprint density at radius 2 is 1.33 bits per heavy atom. The van der Waals surface area contributed by atoms with E-state index in [0.717, 1.165) is 51.1 Å². The van der Waals surface area contributed by atoms with E-state index < -0.39 is 0 Å². The number of ether oxygens (including phenoxy) is 1. The molecule has 3 aromatic heterocycles. The largest absolute Gasteiger partial charge is 2.00 e. The van der Waals surface area contributed by atoms with Crippen LogP contribution in [0.15, 0.2) is 146 Å². The van der Waals surface area contributed by atoms with Gasteiger partial charge in [0.25, 0.3) is 0 Å². The van der Waals surface area contributed by atoms with Crippen LogP contribution in [0, 0.1) is 35.8 Å². The normalized spacial score (nSPS) is 22.7. The molecule has 4 bridgehead atoms. The maximum atomic E-state index is 6.53. The van der Waals surface area contributed by atoms with Gasteiger partial charge in [-0.25, -0.2) is 4.98 Å². The van der Waals surface area contributed by atoms with Crippen LogP contribution in [0.25, 0.3) is 44.7 Å². The zero-order chi connectivity index (χ0) is 34.9. The minimum Gasteiger partial charge on any atom is -0.503 e. The molecule has 6 heteroatoms. The second-order valence-electron chi connectivity index (χ2n) is 15.4. The van der Waals surface area contributed by atoms with Crippen LogP contribution in [0.3, 0.4) is 0 Å². The molecule has 0 unspecified atom stereocenters. The summed E-state index contributed by atoms with van der Waals surface area (Å²) in [6, 6.07) is 52.2. The van der Waals surface area contributed by atoms with Crippen molar-refractivity contribution in [3.63, 3.8) is 0 Å². The molecule has 0 atom stereocenters. The summed E-state index contributed by atoms with van der Waals surface area (Å²) in [7, 11) is 0. The van der Waals surface area contributed by atoms with Gasteiger partial charge in [0.1, 0.15) is 5.82 Å². The summed E-state index contributed by atoms with van der Waals surface area (Å²) >= 11 is 0. The summed E-state index contributed by atoms with van der Waals surface area (Å²) in [6.45, 7) is 0. The van der Waals surface area contributed by atoms with Crippen molar-refractivity contribution in [2.75, 3.05) is 0 Å². The summed E-state index contributed by atoms with van der Waals surface area (Å²) in [6.07, 6.45) is 12.6. The molecule has 3 heterocycles. The summed E-state index contributed by atoms with van der Waals surface area (Å²) in [5.74, 6) is 6.02. The van der Waals surface area contributed by atoms with E-state index in [2.05, 4.69) is 111 Å². The Labute approximate surface area is 329 Å². The van der Waals surface area contributed by atoms with E-state index in [9.17, 15) is 0 Å². The monoisotopic (exact) mass is 881 g/mol. The van der Waals surface area contributed by atoms with Gasteiger partial charge >= 0.3 is 21.1 Å². The van der Waals surface area contributed by atoms with Gasteiger partial charge in [-0.2, -0.15) is 6.07 Å². The van der Waals surface area contributed by atoms with Crippen molar-refractivity contribution < 1.29 is 25.8 Å². The number of benzene rings is 5. The number of hydrogen-bond donors (Lipinski definition) is 0. The summed E-state index contributed by atoms with van der Waals surface area (Å²) in [4.78, 5) is 9.76. The molecule has 266 valence electrons. The Balaban J connectivity index is 0.00000361. The number of pyridine rings is 1. The van der Waals surface area contributed by atoms with Gasteiger partial charge in [0.15, 0.2) is 0 Å². The van der Waals surface area contributed by atoms with Crippen molar-refractivity contribution in [1.82, 2.24) is 19.1 Å². The molecule has 12 rings (SSSR count). The first-order chi connectivity index (χ1) is 26.2. The maximum absolute atomic E-state index is 6.53. The van der Waals surface area contributed by atoms with E-state index in [1.165, 1.54) is 48.6 Å². The van der Waals surface area contributed by atoms with Crippen molar-refractivity contribution in [3.05, 3.63) is 169 Å². The molecule has 0 N–H and O–H groups in total. The third-order valence-electron chi connectivity index (χ3n) is 12.6. The first-order valence-corrected chi connectivity index (χ1v) is 19.0. The van der Waals surface area contributed by atoms with Crippen LogP contribution in [0.5, 0.6) is 11.5 Å². The van der Waals surface area contributed by atoms with Gasteiger partial charge in [-0.1, -0.05) is 78.3 Å². The smallest absolute Gasteiger partial charge is 0.503 e. The molecule has 5 nitrogen and oxygen atoms in total. The molecule has 4 aliphatic carbocycles. The average molecular weight is 882 g/mol. The van der Waals surface area contributed by atoms with Gasteiger partial charge in [0, 0.05) is 46.7 Å². The first kappa shape index (κ1) is 33.3. The SMILES string of the molecule is [Pt+2].[c-]1c(Oc2[c-]c3c(cc2)c2ccccc2n3-c2cc(C3(c4ccccc4)C4CC5CC(C4)CC3C5)ccn2)cccc1-c1nccn1-c1ccccc1. The Morgan fingerprint density at radius 3 is 2.13 bits per heavy atom. The quantitative estimate of drug-likeness (QED) is 0.150. The molecule has 0 spiro atoms. The first-order valence-electron chi connectivity index (χ1n) is 19.0. The fourth-order valence-electron chi connectivity index (χ4n) is 10.8. The molecular formula is C48H38N4OPt. The van der Waals surface area contributed by atoms with E-state index in [1.807, 2.05) is 61.1 Å². The number of rotatable bonds is 7. The van der Waals surface area contributed by atoms with Gasteiger partial charge in [0.2, 0.25) is 0 Å². The van der Waals surface area contributed by atoms with Crippen LogP contribution in [-0.2, 0) is 26.5 Å².